The second kappa shape index (κ2) is 5.35. The summed E-state index contributed by atoms with van der Waals surface area (Å²) in [6.07, 6.45) is 0.888. The van der Waals surface area contributed by atoms with Crippen molar-refractivity contribution in [1.29, 1.82) is 0 Å². The Balaban J connectivity index is 1.79. The summed E-state index contributed by atoms with van der Waals surface area (Å²) in [5, 5.41) is 3.56. The highest BCUT2D eigenvalue weighted by Crippen LogP contribution is 2.38. The molecule has 1 aliphatic carbocycles. The van der Waals surface area contributed by atoms with Crippen molar-refractivity contribution in [3.63, 3.8) is 0 Å². The first-order chi connectivity index (χ1) is 9.65. The molecule has 2 aromatic carbocycles. The van der Waals surface area contributed by atoms with Gasteiger partial charge in [-0.15, -0.1) is 0 Å². The molecule has 3 atom stereocenters. The number of rotatable bonds is 3. The smallest absolute Gasteiger partial charge is 0.123 e. The van der Waals surface area contributed by atoms with Gasteiger partial charge in [-0.1, -0.05) is 36.4 Å². The molecule has 0 bridgehead atoms. The molecule has 20 heavy (non-hydrogen) atoms. The Labute approximate surface area is 118 Å². The maximum atomic E-state index is 13.3. The van der Waals surface area contributed by atoms with Gasteiger partial charge in [-0.25, -0.2) is 4.39 Å². The Morgan fingerprint density at radius 2 is 1.90 bits per heavy atom. The summed E-state index contributed by atoms with van der Waals surface area (Å²) >= 11 is 0. The lowest BCUT2D eigenvalue weighted by molar-refractivity contribution is 0.444. The van der Waals surface area contributed by atoms with Crippen LogP contribution in [0.1, 0.15) is 48.2 Å². The third-order valence-corrected chi connectivity index (χ3v) is 4.06. The zero-order valence-electron chi connectivity index (χ0n) is 11.5. The molecular formula is C17H19FN2. The second-order valence-corrected chi connectivity index (χ2v) is 5.47. The van der Waals surface area contributed by atoms with E-state index in [9.17, 15) is 4.39 Å². The molecule has 3 rings (SSSR count). The van der Waals surface area contributed by atoms with Gasteiger partial charge in [0.2, 0.25) is 0 Å². The van der Waals surface area contributed by atoms with Crippen LogP contribution < -0.4 is 11.1 Å². The van der Waals surface area contributed by atoms with E-state index in [4.69, 9.17) is 5.73 Å². The van der Waals surface area contributed by atoms with Gasteiger partial charge in [0.1, 0.15) is 5.82 Å². The van der Waals surface area contributed by atoms with E-state index < -0.39 is 0 Å². The lowest BCUT2D eigenvalue weighted by Gasteiger charge is -2.21. The Bertz CT molecular complexity index is 611. The molecule has 3 N–H and O–H groups in total. The van der Waals surface area contributed by atoms with Crippen molar-refractivity contribution in [2.45, 2.75) is 31.5 Å². The number of hydrogen-bond donors (Lipinski definition) is 2. The van der Waals surface area contributed by atoms with E-state index in [0.29, 0.717) is 0 Å². The van der Waals surface area contributed by atoms with E-state index in [-0.39, 0.29) is 23.9 Å². The summed E-state index contributed by atoms with van der Waals surface area (Å²) in [6, 6.07) is 15.4. The van der Waals surface area contributed by atoms with Gasteiger partial charge in [0.15, 0.2) is 0 Å². The average molecular weight is 270 g/mol. The van der Waals surface area contributed by atoms with Crippen LogP contribution in [-0.2, 0) is 0 Å². The summed E-state index contributed by atoms with van der Waals surface area (Å²) in [6.45, 7) is 2.06. The molecule has 0 radical (unpaired) electrons. The molecule has 0 spiro atoms. The minimum Gasteiger partial charge on any atom is -0.324 e. The zero-order valence-corrected chi connectivity index (χ0v) is 11.5. The summed E-state index contributed by atoms with van der Waals surface area (Å²) in [5.74, 6) is -0.195. The largest absolute Gasteiger partial charge is 0.324 e. The Morgan fingerprint density at radius 1 is 1.15 bits per heavy atom. The van der Waals surface area contributed by atoms with Crippen molar-refractivity contribution < 1.29 is 4.39 Å². The van der Waals surface area contributed by atoms with Crippen LogP contribution in [0.3, 0.4) is 0 Å². The third-order valence-electron chi connectivity index (χ3n) is 4.06. The molecule has 0 heterocycles. The average Bonchev–Trinajstić information content (AvgIpc) is 2.76. The molecule has 0 aliphatic heterocycles. The van der Waals surface area contributed by atoms with E-state index >= 15 is 0 Å². The fourth-order valence-corrected chi connectivity index (χ4v) is 3.01. The number of benzene rings is 2. The van der Waals surface area contributed by atoms with Crippen molar-refractivity contribution in [2.75, 3.05) is 0 Å². The molecule has 2 nitrogen and oxygen atoms in total. The Hall–Kier alpha value is -1.71. The molecule has 104 valence electrons. The number of nitrogens with two attached hydrogens (primary N) is 1. The van der Waals surface area contributed by atoms with E-state index in [2.05, 4.69) is 24.4 Å². The highest BCUT2D eigenvalue weighted by atomic mass is 19.1. The van der Waals surface area contributed by atoms with Crippen LogP contribution >= 0.6 is 0 Å². The van der Waals surface area contributed by atoms with Crippen molar-refractivity contribution >= 4 is 0 Å². The standard InChI is InChI=1S/C17H19FN2/c1-11(12-5-4-6-13(18)9-12)20-17-10-16(19)14-7-2-3-8-15(14)17/h2-9,11,16-17,20H,10,19H2,1H3. The fourth-order valence-electron chi connectivity index (χ4n) is 3.01. The molecule has 3 heteroatoms. The van der Waals surface area contributed by atoms with Gasteiger partial charge in [0.05, 0.1) is 0 Å². The van der Waals surface area contributed by atoms with E-state index in [1.54, 1.807) is 12.1 Å². The number of nitrogens with one attached hydrogen (secondary N) is 1. The number of hydrogen-bond acceptors (Lipinski definition) is 2. The highest BCUT2D eigenvalue weighted by Gasteiger charge is 2.29. The summed E-state index contributed by atoms with van der Waals surface area (Å²) in [4.78, 5) is 0. The predicted octanol–water partition coefficient (Wildman–Crippen LogP) is 3.62. The molecule has 2 aromatic rings. The first-order valence-corrected chi connectivity index (χ1v) is 7.01. The van der Waals surface area contributed by atoms with E-state index in [0.717, 1.165) is 12.0 Å². The van der Waals surface area contributed by atoms with Crippen molar-refractivity contribution in [3.05, 3.63) is 71.0 Å². The van der Waals surface area contributed by atoms with Crippen LogP contribution in [0.25, 0.3) is 0 Å². The summed E-state index contributed by atoms with van der Waals surface area (Å²) in [5.41, 5.74) is 9.62. The van der Waals surface area contributed by atoms with Crippen molar-refractivity contribution in [1.82, 2.24) is 5.32 Å². The van der Waals surface area contributed by atoms with Crippen LogP contribution in [0.4, 0.5) is 4.39 Å². The Kier molecular flexibility index (Phi) is 3.55. The van der Waals surface area contributed by atoms with E-state index in [1.807, 2.05) is 18.2 Å². The van der Waals surface area contributed by atoms with Crippen LogP contribution in [0.15, 0.2) is 48.5 Å². The maximum absolute atomic E-state index is 13.3. The third kappa shape index (κ3) is 2.47. The molecule has 0 aromatic heterocycles. The predicted molar refractivity (Wildman–Crippen MR) is 78.7 cm³/mol. The van der Waals surface area contributed by atoms with Crippen LogP contribution in [0, 0.1) is 5.82 Å². The van der Waals surface area contributed by atoms with E-state index in [1.165, 1.54) is 17.2 Å². The normalized spacial score (nSPS) is 22.6. The minimum atomic E-state index is -0.195. The van der Waals surface area contributed by atoms with Gasteiger partial charge in [-0.05, 0) is 42.2 Å². The highest BCUT2D eigenvalue weighted by molar-refractivity contribution is 5.37. The molecular weight excluding hydrogens is 251 g/mol. The van der Waals surface area contributed by atoms with Gasteiger partial charge in [-0.3, -0.25) is 0 Å². The number of halogens is 1. The fraction of sp³-hybridized carbons (Fsp3) is 0.294. The van der Waals surface area contributed by atoms with Gasteiger partial charge in [0.25, 0.3) is 0 Å². The van der Waals surface area contributed by atoms with Gasteiger partial charge >= 0.3 is 0 Å². The SMILES string of the molecule is CC(NC1CC(N)c2ccccc21)c1cccc(F)c1. The lowest BCUT2D eigenvalue weighted by atomic mass is 10.0. The first-order valence-electron chi connectivity index (χ1n) is 7.01. The summed E-state index contributed by atoms with van der Waals surface area (Å²) < 4.78 is 13.3. The van der Waals surface area contributed by atoms with Crippen molar-refractivity contribution in [3.8, 4) is 0 Å². The van der Waals surface area contributed by atoms with Gasteiger partial charge in [0, 0.05) is 18.1 Å². The van der Waals surface area contributed by atoms with Crippen molar-refractivity contribution in [2.24, 2.45) is 5.73 Å². The maximum Gasteiger partial charge on any atom is 0.123 e. The first kappa shape index (κ1) is 13.3. The zero-order chi connectivity index (χ0) is 14.1. The molecule has 0 saturated heterocycles. The monoisotopic (exact) mass is 270 g/mol. The quantitative estimate of drug-likeness (QED) is 0.894. The van der Waals surface area contributed by atoms with Crippen LogP contribution in [0.5, 0.6) is 0 Å². The topological polar surface area (TPSA) is 38.0 Å². The lowest BCUT2D eigenvalue weighted by Crippen LogP contribution is -2.23. The molecule has 1 aliphatic rings. The van der Waals surface area contributed by atoms with Crippen LogP contribution in [-0.4, -0.2) is 0 Å². The van der Waals surface area contributed by atoms with Crippen LogP contribution in [0.2, 0.25) is 0 Å². The molecule has 0 amide bonds. The molecule has 0 fully saturated rings. The van der Waals surface area contributed by atoms with Gasteiger partial charge in [-0.2, -0.15) is 0 Å². The number of fused-ring (bicyclic) bond motifs is 1. The molecule has 0 saturated carbocycles. The Morgan fingerprint density at radius 3 is 2.65 bits per heavy atom. The second-order valence-electron chi connectivity index (χ2n) is 5.47. The molecule has 3 unspecified atom stereocenters. The summed E-state index contributed by atoms with van der Waals surface area (Å²) in [7, 11) is 0. The van der Waals surface area contributed by atoms with Gasteiger partial charge < -0.3 is 11.1 Å². The minimum absolute atomic E-state index is 0.0865.